The lowest BCUT2D eigenvalue weighted by atomic mass is 10.0. The maximum absolute atomic E-state index is 13.8. The van der Waals surface area contributed by atoms with Crippen LogP contribution in [0.5, 0.6) is 5.75 Å². The fourth-order valence-corrected chi connectivity index (χ4v) is 5.54. The Labute approximate surface area is 228 Å². The molecule has 3 aromatic rings. The number of alkyl halides is 6. The number of aromatic nitrogens is 5. The van der Waals surface area contributed by atoms with E-state index >= 15 is 0 Å². The minimum Gasteiger partial charge on any atom is -0.530 e. The molecule has 12 nitrogen and oxygen atoms in total. The lowest BCUT2D eigenvalue weighted by Gasteiger charge is -2.42. The molecule has 19 heteroatoms. The molecule has 1 N–H and O–H groups in total. The van der Waals surface area contributed by atoms with Crippen molar-refractivity contribution in [3.63, 3.8) is 0 Å². The van der Waals surface area contributed by atoms with Gasteiger partial charge in [-0.1, -0.05) is 5.21 Å². The highest BCUT2D eigenvalue weighted by Gasteiger charge is 2.52. The SMILES string of the molecule is CC(C)(N(C(=O)[O-])c1ccc2c(c1)N(S(=O)(=O)c1ccnc(C(F)(F)F)c1)C[C@H](CCc1nn[nH]n1)O2)C(F)(F)F. The van der Waals surface area contributed by atoms with Crippen molar-refractivity contribution in [2.24, 2.45) is 0 Å². The third-order valence-electron chi connectivity index (χ3n) is 6.26. The van der Waals surface area contributed by atoms with E-state index in [2.05, 4.69) is 25.6 Å². The molecule has 4 rings (SSSR count). The van der Waals surface area contributed by atoms with E-state index < -0.39 is 68.6 Å². The molecule has 0 saturated heterocycles. The quantitative estimate of drug-likeness (QED) is 0.398. The number of tetrazole rings is 1. The van der Waals surface area contributed by atoms with Gasteiger partial charge in [-0.15, -0.1) is 10.2 Å². The Hall–Kier alpha value is -4.16. The number of carboxylic acid groups (broad SMARTS) is 1. The van der Waals surface area contributed by atoms with Crippen LogP contribution < -0.4 is 19.0 Å². The summed E-state index contributed by atoms with van der Waals surface area (Å²) in [6, 6.07) is 3.96. The maximum Gasteiger partial charge on any atom is 0.433 e. The number of hydrogen-bond donors (Lipinski definition) is 1. The summed E-state index contributed by atoms with van der Waals surface area (Å²) < 4.78 is 115. The fourth-order valence-electron chi connectivity index (χ4n) is 4.03. The normalized spacial score (nSPS) is 16.2. The molecule has 1 amide bonds. The molecule has 0 aliphatic carbocycles. The average Bonchev–Trinajstić information content (AvgIpc) is 3.39. The van der Waals surface area contributed by atoms with Gasteiger partial charge in [0.2, 0.25) is 0 Å². The van der Waals surface area contributed by atoms with Gasteiger partial charge in [0.05, 0.1) is 17.1 Å². The Kier molecular flexibility index (Phi) is 7.52. The standard InChI is InChI=1S/C22H21F6N7O5S/c1-20(2,22(26,27)28)35(19(36)37)12-3-5-16-15(9-12)34(11-13(40-16)4-6-18-30-32-33-31-18)41(38,39)14-7-8-29-17(10-14)21(23,24)25/h3,5,7-10,13H,4,6,11H2,1-2H3,(H,36,37)(H,30,31,32,33)/p-1/t13-/m0/s1. The molecule has 0 bridgehead atoms. The largest absolute Gasteiger partial charge is 0.530 e. The average molecular weight is 609 g/mol. The first-order valence-corrected chi connectivity index (χ1v) is 13.0. The van der Waals surface area contributed by atoms with Gasteiger partial charge in [-0.3, -0.25) is 9.29 Å². The van der Waals surface area contributed by atoms with E-state index in [1.165, 1.54) is 0 Å². The van der Waals surface area contributed by atoms with E-state index in [-0.39, 0.29) is 29.3 Å². The number of rotatable bonds is 7. The number of aromatic amines is 1. The second kappa shape index (κ2) is 10.3. The van der Waals surface area contributed by atoms with Crippen LogP contribution in [-0.2, 0) is 22.6 Å². The Bertz CT molecular complexity index is 1530. The van der Waals surface area contributed by atoms with Gasteiger partial charge in [0.25, 0.3) is 10.0 Å². The minimum atomic E-state index is -5.07. The number of hydrogen-bond acceptors (Lipinski definition) is 9. The molecular formula is C22H20F6N7O5S-. The first kappa shape index (κ1) is 29.8. The molecular weight excluding hydrogens is 588 g/mol. The molecule has 0 unspecified atom stereocenters. The first-order chi connectivity index (χ1) is 18.9. The van der Waals surface area contributed by atoms with Gasteiger partial charge in [-0.2, -0.15) is 31.6 Å². The van der Waals surface area contributed by atoms with Crippen molar-refractivity contribution in [2.45, 2.75) is 55.6 Å². The van der Waals surface area contributed by atoms with Gasteiger partial charge < -0.3 is 19.5 Å². The van der Waals surface area contributed by atoms with E-state index in [0.29, 0.717) is 30.4 Å². The second-order valence-corrected chi connectivity index (χ2v) is 11.2. The van der Waals surface area contributed by atoms with Crippen LogP contribution in [0.25, 0.3) is 0 Å². The Morgan fingerprint density at radius 2 is 1.88 bits per heavy atom. The summed E-state index contributed by atoms with van der Waals surface area (Å²) in [4.78, 5) is 14.1. The zero-order chi connectivity index (χ0) is 30.4. The van der Waals surface area contributed by atoms with Gasteiger partial charge in [-0.05, 0) is 50.6 Å². The van der Waals surface area contributed by atoms with Crippen LogP contribution >= 0.6 is 0 Å². The van der Waals surface area contributed by atoms with E-state index in [4.69, 9.17) is 4.74 Å². The third kappa shape index (κ3) is 5.84. The third-order valence-corrected chi connectivity index (χ3v) is 8.03. The fraction of sp³-hybridized carbons (Fsp3) is 0.409. The maximum atomic E-state index is 13.8. The number of nitrogens with zero attached hydrogens (tertiary/aromatic N) is 6. The molecule has 1 aliphatic heterocycles. The number of carbonyl (C=O) groups is 1. The summed E-state index contributed by atoms with van der Waals surface area (Å²) in [6.45, 7) is 0.655. The van der Waals surface area contributed by atoms with Gasteiger partial charge >= 0.3 is 12.4 Å². The van der Waals surface area contributed by atoms with Crippen LogP contribution in [0.15, 0.2) is 41.4 Å². The van der Waals surface area contributed by atoms with Crippen molar-refractivity contribution >= 4 is 27.5 Å². The van der Waals surface area contributed by atoms with Crippen LogP contribution in [0.4, 0.5) is 42.5 Å². The molecule has 2 aromatic heterocycles. The van der Waals surface area contributed by atoms with Crippen molar-refractivity contribution in [2.75, 3.05) is 15.7 Å². The van der Waals surface area contributed by atoms with Crippen molar-refractivity contribution < 1.29 is 49.4 Å². The lowest BCUT2D eigenvalue weighted by molar-refractivity contribution is -0.254. The van der Waals surface area contributed by atoms with E-state index in [0.717, 1.165) is 24.3 Å². The van der Waals surface area contributed by atoms with Crippen LogP contribution in [0, 0.1) is 0 Å². The number of nitrogens with one attached hydrogen (secondary N) is 1. The van der Waals surface area contributed by atoms with Crippen molar-refractivity contribution in [3.05, 3.63) is 48.0 Å². The summed E-state index contributed by atoms with van der Waals surface area (Å²) in [7, 11) is -4.83. The second-order valence-electron chi connectivity index (χ2n) is 9.33. The van der Waals surface area contributed by atoms with Crippen LogP contribution in [0.2, 0.25) is 0 Å². The monoisotopic (exact) mass is 608 g/mol. The Morgan fingerprint density at radius 3 is 2.46 bits per heavy atom. The molecule has 3 heterocycles. The summed E-state index contributed by atoms with van der Waals surface area (Å²) in [5, 5.41) is 25.1. The predicted molar refractivity (Wildman–Crippen MR) is 125 cm³/mol. The number of carbonyl (C=O) groups excluding carboxylic acids is 1. The molecule has 1 atom stereocenters. The highest BCUT2D eigenvalue weighted by molar-refractivity contribution is 7.92. The number of halogens is 6. The molecule has 0 fully saturated rings. The minimum absolute atomic E-state index is 0.100. The first-order valence-electron chi connectivity index (χ1n) is 11.6. The molecule has 0 radical (unpaired) electrons. The molecule has 41 heavy (non-hydrogen) atoms. The highest BCUT2D eigenvalue weighted by atomic mass is 32.2. The number of benzene rings is 1. The number of aryl methyl sites for hydroxylation is 1. The smallest absolute Gasteiger partial charge is 0.433 e. The Balaban J connectivity index is 1.82. The van der Waals surface area contributed by atoms with Gasteiger partial charge in [0.15, 0.2) is 5.82 Å². The van der Waals surface area contributed by atoms with Crippen LogP contribution in [-0.4, -0.2) is 64.5 Å². The summed E-state index contributed by atoms with van der Waals surface area (Å²) in [5.41, 5.74) is -5.54. The van der Waals surface area contributed by atoms with Crippen molar-refractivity contribution in [1.29, 1.82) is 0 Å². The molecule has 0 saturated carbocycles. The van der Waals surface area contributed by atoms with Gasteiger partial charge in [0, 0.05) is 18.3 Å². The van der Waals surface area contributed by atoms with E-state index in [9.17, 15) is 44.7 Å². The topological polar surface area (TPSA) is 157 Å². The van der Waals surface area contributed by atoms with Gasteiger partial charge in [0.1, 0.15) is 29.2 Å². The van der Waals surface area contributed by atoms with Crippen molar-refractivity contribution in [3.8, 4) is 5.75 Å². The number of anilines is 2. The number of H-pyrrole nitrogens is 1. The summed E-state index contributed by atoms with van der Waals surface area (Å²) >= 11 is 0. The zero-order valence-corrected chi connectivity index (χ0v) is 21.9. The van der Waals surface area contributed by atoms with E-state index in [1.807, 2.05) is 0 Å². The summed E-state index contributed by atoms with van der Waals surface area (Å²) in [5.74, 6) is 0.0713. The molecule has 1 aliphatic rings. The number of amides is 1. The number of fused-ring (bicyclic) bond motifs is 1. The number of ether oxygens (including phenoxy) is 1. The van der Waals surface area contributed by atoms with Gasteiger partial charge in [-0.25, -0.2) is 8.42 Å². The number of pyridine rings is 1. The van der Waals surface area contributed by atoms with Crippen molar-refractivity contribution in [1.82, 2.24) is 25.6 Å². The summed E-state index contributed by atoms with van der Waals surface area (Å²) in [6.07, 6.45) is -12.3. The lowest BCUT2D eigenvalue weighted by Crippen LogP contribution is -2.60. The molecule has 1 aromatic carbocycles. The van der Waals surface area contributed by atoms with Crippen LogP contribution in [0.3, 0.4) is 0 Å². The zero-order valence-electron chi connectivity index (χ0n) is 21.1. The molecule has 0 spiro atoms. The Morgan fingerprint density at radius 1 is 1.17 bits per heavy atom. The highest BCUT2D eigenvalue weighted by Crippen LogP contribution is 2.44. The number of sulfonamides is 1. The van der Waals surface area contributed by atoms with E-state index in [1.54, 1.807) is 0 Å². The molecule has 222 valence electrons. The van der Waals surface area contributed by atoms with Crippen LogP contribution in [0.1, 0.15) is 31.8 Å². The predicted octanol–water partition coefficient (Wildman–Crippen LogP) is 2.69.